The van der Waals surface area contributed by atoms with Crippen molar-refractivity contribution in [2.24, 2.45) is 0 Å². The Labute approximate surface area is 92.3 Å². The highest BCUT2D eigenvalue weighted by Gasteiger charge is 2.45. The predicted molar refractivity (Wildman–Crippen MR) is 61.6 cm³/mol. The van der Waals surface area contributed by atoms with Crippen LogP contribution in [-0.4, -0.2) is 30.1 Å². The van der Waals surface area contributed by atoms with Gasteiger partial charge >= 0.3 is 8.80 Å². The average molecular weight is 226 g/mol. The summed E-state index contributed by atoms with van der Waals surface area (Å²) in [5.74, 6) is 0. The van der Waals surface area contributed by atoms with Crippen LogP contribution >= 0.6 is 0 Å². The Morgan fingerprint density at radius 2 is 1.40 bits per heavy atom. The van der Waals surface area contributed by atoms with Crippen molar-refractivity contribution in [2.45, 2.75) is 12.5 Å². The molecular formula is C11H18O3Si. The number of rotatable bonds is 5. The monoisotopic (exact) mass is 226 g/mol. The molecule has 0 fully saturated rings. The summed E-state index contributed by atoms with van der Waals surface area (Å²) in [5, 5.41) is 0. The molecule has 1 aromatic rings. The Bertz CT molecular complexity index is 277. The van der Waals surface area contributed by atoms with Gasteiger partial charge in [0.1, 0.15) is 0 Å². The van der Waals surface area contributed by atoms with Gasteiger partial charge in [-0.3, -0.25) is 0 Å². The van der Waals surface area contributed by atoms with Gasteiger partial charge in [-0.15, -0.1) is 0 Å². The van der Waals surface area contributed by atoms with E-state index >= 15 is 0 Å². The third-order valence-electron chi connectivity index (χ3n) is 2.68. The van der Waals surface area contributed by atoms with Crippen LogP contribution in [0.3, 0.4) is 0 Å². The molecule has 0 bridgehead atoms. The van der Waals surface area contributed by atoms with Gasteiger partial charge in [0.2, 0.25) is 0 Å². The fraction of sp³-hybridized carbons (Fsp3) is 0.455. The molecule has 1 rings (SSSR count). The van der Waals surface area contributed by atoms with Crippen molar-refractivity contribution in [1.29, 1.82) is 0 Å². The molecule has 1 atom stereocenters. The first-order valence-corrected chi connectivity index (χ1v) is 6.70. The van der Waals surface area contributed by atoms with E-state index in [2.05, 4.69) is 19.1 Å². The summed E-state index contributed by atoms with van der Waals surface area (Å²) in [6.07, 6.45) is 0. The van der Waals surface area contributed by atoms with Gasteiger partial charge in [-0.2, -0.15) is 0 Å². The minimum atomic E-state index is -2.56. The molecule has 0 amide bonds. The first-order chi connectivity index (χ1) is 7.20. The normalized spacial score (nSPS) is 13.9. The lowest BCUT2D eigenvalue weighted by Crippen LogP contribution is -2.48. The molecule has 0 aliphatic heterocycles. The Morgan fingerprint density at radius 3 is 1.80 bits per heavy atom. The zero-order valence-corrected chi connectivity index (χ0v) is 10.7. The van der Waals surface area contributed by atoms with Crippen LogP contribution in [0.5, 0.6) is 0 Å². The molecule has 0 spiro atoms. The molecule has 0 heterocycles. The van der Waals surface area contributed by atoms with E-state index in [1.807, 2.05) is 18.2 Å². The van der Waals surface area contributed by atoms with Crippen LogP contribution in [0, 0.1) is 0 Å². The van der Waals surface area contributed by atoms with E-state index in [-0.39, 0.29) is 5.54 Å². The number of hydrogen-bond donors (Lipinski definition) is 0. The first kappa shape index (κ1) is 12.4. The molecule has 4 heteroatoms. The summed E-state index contributed by atoms with van der Waals surface area (Å²) >= 11 is 0. The van der Waals surface area contributed by atoms with E-state index in [0.717, 1.165) is 0 Å². The zero-order chi connectivity index (χ0) is 11.3. The third kappa shape index (κ3) is 2.46. The SMILES string of the molecule is CO[Si](OC)(OC)[C@H](C)c1ccccc1. The average Bonchev–Trinajstić information content (AvgIpc) is 2.33. The van der Waals surface area contributed by atoms with Crippen molar-refractivity contribution < 1.29 is 13.3 Å². The van der Waals surface area contributed by atoms with Crippen molar-refractivity contribution in [2.75, 3.05) is 21.3 Å². The highest BCUT2D eigenvalue weighted by molar-refractivity contribution is 6.62. The van der Waals surface area contributed by atoms with Crippen molar-refractivity contribution in [1.82, 2.24) is 0 Å². The van der Waals surface area contributed by atoms with Gasteiger partial charge in [-0.1, -0.05) is 37.3 Å². The highest BCUT2D eigenvalue weighted by Crippen LogP contribution is 2.27. The van der Waals surface area contributed by atoms with E-state index in [4.69, 9.17) is 13.3 Å². The lowest BCUT2D eigenvalue weighted by atomic mass is 10.2. The topological polar surface area (TPSA) is 27.7 Å². The maximum absolute atomic E-state index is 5.45. The molecular weight excluding hydrogens is 208 g/mol. The molecule has 0 aliphatic rings. The van der Waals surface area contributed by atoms with Crippen LogP contribution in [-0.2, 0) is 13.3 Å². The van der Waals surface area contributed by atoms with Gasteiger partial charge in [-0.25, -0.2) is 0 Å². The molecule has 0 radical (unpaired) electrons. The Kier molecular flexibility index (Phi) is 4.47. The fourth-order valence-electron chi connectivity index (χ4n) is 1.73. The molecule has 0 unspecified atom stereocenters. The first-order valence-electron chi connectivity index (χ1n) is 4.90. The van der Waals surface area contributed by atoms with Crippen molar-refractivity contribution in [3.05, 3.63) is 35.9 Å². The van der Waals surface area contributed by atoms with Gasteiger partial charge in [0, 0.05) is 21.3 Å². The lowest BCUT2D eigenvalue weighted by Gasteiger charge is -2.30. The molecule has 0 saturated carbocycles. The maximum Gasteiger partial charge on any atom is 0.507 e. The Hall–Kier alpha value is -0.683. The molecule has 0 aromatic heterocycles. The van der Waals surface area contributed by atoms with Gasteiger partial charge < -0.3 is 13.3 Å². The largest absolute Gasteiger partial charge is 0.507 e. The Balaban J connectivity index is 2.95. The van der Waals surface area contributed by atoms with E-state index < -0.39 is 8.80 Å². The van der Waals surface area contributed by atoms with Crippen molar-refractivity contribution >= 4 is 8.80 Å². The van der Waals surface area contributed by atoms with E-state index in [9.17, 15) is 0 Å². The summed E-state index contributed by atoms with van der Waals surface area (Å²) < 4.78 is 16.3. The standard InChI is InChI=1S/C11H18O3Si/c1-10(11-8-6-5-7-9-11)15(12-2,13-3)14-4/h5-10H,1-4H3/t10-/m1/s1. The van der Waals surface area contributed by atoms with Crippen LogP contribution in [0.25, 0.3) is 0 Å². The zero-order valence-electron chi connectivity index (χ0n) is 9.69. The summed E-state index contributed by atoms with van der Waals surface area (Å²) in [6.45, 7) is 2.07. The van der Waals surface area contributed by atoms with E-state index in [0.29, 0.717) is 0 Å². The second kappa shape index (κ2) is 5.41. The van der Waals surface area contributed by atoms with Crippen molar-refractivity contribution in [3.8, 4) is 0 Å². The molecule has 84 valence electrons. The number of benzene rings is 1. The van der Waals surface area contributed by atoms with Gasteiger partial charge in [-0.05, 0) is 5.56 Å². The van der Waals surface area contributed by atoms with Gasteiger partial charge in [0.25, 0.3) is 0 Å². The van der Waals surface area contributed by atoms with E-state index in [1.54, 1.807) is 21.3 Å². The van der Waals surface area contributed by atoms with Crippen LogP contribution in [0.15, 0.2) is 30.3 Å². The van der Waals surface area contributed by atoms with Crippen molar-refractivity contribution in [3.63, 3.8) is 0 Å². The smallest absolute Gasteiger partial charge is 0.376 e. The summed E-state index contributed by atoms with van der Waals surface area (Å²) in [7, 11) is 2.35. The molecule has 0 saturated heterocycles. The lowest BCUT2D eigenvalue weighted by molar-refractivity contribution is 0.114. The van der Waals surface area contributed by atoms with E-state index in [1.165, 1.54) is 5.56 Å². The predicted octanol–water partition coefficient (Wildman–Crippen LogP) is 2.21. The Morgan fingerprint density at radius 1 is 0.933 bits per heavy atom. The maximum atomic E-state index is 5.45. The highest BCUT2D eigenvalue weighted by atomic mass is 28.4. The van der Waals surface area contributed by atoms with Crippen LogP contribution < -0.4 is 0 Å². The summed E-state index contributed by atoms with van der Waals surface area (Å²) in [5.41, 5.74) is 1.31. The second-order valence-electron chi connectivity index (χ2n) is 3.35. The number of hydrogen-bond acceptors (Lipinski definition) is 3. The van der Waals surface area contributed by atoms with Crippen LogP contribution in [0.4, 0.5) is 0 Å². The van der Waals surface area contributed by atoms with Crippen LogP contribution in [0.2, 0.25) is 0 Å². The van der Waals surface area contributed by atoms with Gasteiger partial charge in [0.05, 0.1) is 5.54 Å². The molecule has 15 heavy (non-hydrogen) atoms. The summed E-state index contributed by atoms with van der Waals surface area (Å²) in [6, 6.07) is 10.1. The third-order valence-corrected chi connectivity index (χ3v) is 5.78. The van der Waals surface area contributed by atoms with Crippen LogP contribution in [0.1, 0.15) is 18.0 Å². The van der Waals surface area contributed by atoms with Gasteiger partial charge in [0.15, 0.2) is 0 Å². The molecule has 1 aromatic carbocycles. The molecule has 0 aliphatic carbocycles. The molecule has 3 nitrogen and oxygen atoms in total. The quantitative estimate of drug-likeness (QED) is 0.720. The second-order valence-corrected chi connectivity index (χ2v) is 6.65. The summed E-state index contributed by atoms with van der Waals surface area (Å²) in [4.78, 5) is 0. The minimum Gasteiger partial charge on any atom is -0.376 e. The molecule has 0 N–H and O–H groups in total. The fourth-order valence-corrected chi connectivity index (χ4v) is 3.89. The minimum absolute atomic E-state index is 0.138.